The van der Waals surface area contributed by atoms with Crippen molar-refractivity contribution in [3.63, 3.8) is 0 Å². The normalized spacial score (nSPS) is 10.0. The average Bonchev–Trinajstić information content (AvgIpc) is 1.41. The first kappa shape index (κ1) is 5.03. The molecular weight excluding hydrogens is 83.0 g/mol. The monoisotopic (exact) mass is 90.0 g/mol. The molecule has 0 aliphatic rings. The van der Waals surface area contributed by atoms with Crippen LogP contribution in [-0.2, 0) is 0 Å². The molecule has 0 saturated heterocycles. The van der Waals surface area contributed by atoms with Gasteiger partial charge in [0.05, 0.1) is 6.54 Å². The Labute approximate surface area is 33.9 Å². The van der Waals surface area contributed by atoms with Gasteiger partial charge in [-0.05, 0) is 6.92 Å². The molecule has 0 aromatic heterocycles. The molecule has 0 bridgehead atoms. The Morgan fingerprint density at radius 3 is 2.40 bits per heavy atom. The topological polar surface area (TPSA) is 24.7 Å². The van der Waals surface area contributed by atoms with Crippen LogP contribution < -0.4 is 0 Å². The minimum atomic E-state index is 0.781. The summed E-state index contributed by atoms with van der Waals surface area (Å²) >= 11 is 0. The van der Waals surface area contributed by atoms with Crippen molar-refractivity contribution in [2.24, 2.45) is 10.00 Å². The quantitative estimate of drug-likeness (QED) is 0.342. The van der Waals surface area contributed by atoms with Gasteiger partial charge in [-0.3, -0.25) is 0 Å². The molecule has 1 unspecified atom stereocenters. The van der Waals surface area contributed by atoms with Crippen molar-refractivity contribution in [2.45, 2.75) is 6.92 Å². The molecule has 0 aliphatic heterocycles. The van der Waals surface area contributed by atoms with Crippen molar-refractivity contribution in [3.05, 3.63) is 0 Å². The second-order valence-corrected chi connectivity index (χ2v) is 0.804. The maximum Gasteiger partial charge on any atom is 0.0573 e. The highest BCUT2D eigenvalue weighted by Crippen LogP contribution is 1.80. The average molecular weight is 90.1 g/mol. The van der Waals surface area contributed by atoms with Gasteiger partial charge >= 0.3 is 0 Å². The van der Waals surface area contributed by atoms with Gasteiger partial charge in [-0.2, -0.15) is 10.00 Å². The lowest BCUT2D eigenvalue weighted by Gasteiger charge is -1.66. The second-order valence-electron chi connectivity index (χ2n) is 0.573. The van der Waals surface area contributed by atoms with E-state index in [1.807, 2.05) is 6.92 Å². The molecule has 0 radical (unpaired) electrons. The maximum atomic E-state index is 3.56. The van der Waals surface area contributed by atoms with Gasteiger partial charge in [-0.15, -0.1) is 0 Å². The van der Waals surface area contributed by atoms with Crippen molar-refractivity contribution < 1.29 is 0 Å². The molecule has 0 aromatic rings. The summed E-state index contributed by atoms with van der Waals surface area (Å²) in [5, 5.41) is 3.56. The van der Waals surface area contributed by atoms with Crippen LogP contribution in [0.2, 0.25) is 0 Å². The molecule has 0 saturated carbocycles. The van der Waals surface area contributed by atoms with Gasteiger partial charge in [0.2, 0.25) is 0 Å². The Hall–Kier alpha value is 0.0300. The fourth-order valence-electron chi connectivity index (χ4n) is 0.0816. The van der Waals surface area contributed by atoms with Crippen LogP contribution in [0, 0.1) is 0 Å². The highest BCUT2D eigenvalue weighted by molar-refractivity contribution is 7.14. The van der Waals surface area contributed by atoms with E-state index in [4.69, 9.17) is 0 Å². The third kappa shape index (κ3) is 4.03. The van der Waals surface area contributed by atoms with Gasteiger partial charge in [0, 0.05) is 9.39 Å². The maximum absolute atomic E-state index is 3.56. The Morgan fingerprint density at radius 1 is 1.80 bits per heavy atom. The van der Waals surface area contributed by atoms with E-state index in [0.29, 0.717) is 0 Å². The summed E-state index contributed by atoms with van der Waals surface area (Å²) in [4.78, 5) is 3.40. The number of rotatable bonds is 1. The third-order valence-corrected chi connectivity index (χ3v) is 0.386. The van der Waals surface area contributed by atoms with E-state index in [9.17, 15) is 0 Å². The lowest BCUT2D eigenvalue weighted by Crippen LogP contribution is -1.54. The summed E-state index contributed by atoms with van der Waals surface area (Å²) in [6.07, 6.45) is 0. The fraction of sp³-hybridized carbons (Fsp3) is 1.00. The Bertz CT molecular complexity index is 34.6. The summed E-state index contributed by atoms with van der Waals surface area (Å²) in [5.74, 6) is 0. The van der Waals surface area contributed by atoms with Crippen LogP contribution in [0.3, 0.4) is 0 Å². The lowest BCUT2D eigenvalue weighted by molar-refractivity contribution is 1.04. The summed E-state index contributed by atoms with van der Waals surface area (Å²) in [7, 11) is 2.16. The first-order chi connectivity index (χ1) is 2.41. The SMILES string of the molecule is CCN=NP. The van der Waals surface area contributed by atoms with Gasteiger partial charge in [-0.1, -0.05) is 0 Å². The predicted molar refractivity (Wildman–Crippen MR) is 25.1 cm³/mol. The van der Waals surface area contributed by atoms with E-state index >= 15 is 0 Å². The molecular formula is C2H7N2P. The van der Waals surface area contributed by atoms with Crippen molar-refractivity contribution in [1.29, 1.82) is 0 Å². The molecule has 2 nitrogen and oxygen atoms in total. The molecule has 0 rings (SSSR count). The van der Waals surface area contributed by atoms with Crippen LogP contribution in [0.1, 0.15) is 6.92 Å². The van der Waals surface area contributed by atoms with Gasteiger partial charge in [0.15, 0.2) is 0 Å². The van der Waals surface area contributed by atoms with Crippen LogP contribution in [0.15, 0.2) is 10.00 Å². The van der Waals surface area contributed by atoms with Crippen LogP contribution >= 0.6 is 9.39 Å². The molecule has 0 fully saturated rings. The van der Waals surface area contributed by atoms with E-state index in [2.05, 4.69) is 19.4 Å². The highest BCUT2D eigenvalue weighted by Gasteiger charge is 1.52. The minimum Gasteiger partial charge on any atom is -0.191 e. The van der Waals surface area contributed by atoms with Crippen molar-refractivity contribution in [1.82, 2.24) is 0 Å². The van der Waals surface area contributed by atoms with Crippen molar-refractivity contribution in [3.8, 4) is 0 Å². The Balaban J connectivity index is 2.62. The molecule has 3 heteroatoms. The number of nitrogens with zero attached hydrogens (tertiary/aromatic N) is 2. The zero-order chi connectivity index (χ0) is 4.12. The largest absolute Gasteiger partial charge is 0.191 e. The van der Waals surface area contributed by atoms with Crippen molar-refractivity contribution in [2.75, 3.05) is 6.54 Å². The smallest absolute Gasteiger partial charge is 0.0573 e. The van der Waals surface area contributed by atoms with Crippen LogP contribution in [-0.4, -0.2) is 6.54 Å². The van der Waals surface area contributed by atoms with Gasteiger partial charge < -0.3 is 0 Å². The summed E-state index contributed by atoms with van der Waals surface area (Å²) in [5.41, 5.74) is 0. The number of hydrogen-bond acceptors (Lipinski definition) is 2. The number of hydrogen-bond donors (Lipinski definition) is 0. The molecule has 0 N–H and O–H groups in total. The first-order valence-corrected chi connectivity index (χ1v) is 2.00. The van der Waals surface area contributed by atoms with Gasteiger partial charge in [-0.25, -0.2) is 0 Å². The minimum absolute atomic E-state index is 0.781. The Morgan fingerprint density at radius 2 is 2.40 bits per heavy atom. The molecule has 0 aromatic carbocycles. The molecule has 5 heavy (non-hydrogen) atoms. The van der Waals surface area contributed by atoms with E-state index in [-0.39, 0.29) is 0 Å². The lowest BCUT2D eigenvalue weighted by atomic mass is 10.8. The van der Waals surface area contributed by atoms with E-state index in [1.165, 1.54) is 0 Å². The van der Waals surface area contributed by atoms with Crippen molar-refractivity contribution >= 4 is 9.39 Å². The molecule has 0 amide bonds. The van der Waals surface area contributed by atoms with Crippen LogP contribution in [0.5, 0.6) is 0 Å². The van der Waals surface area contributed by atoms with E-state index in [0.717, 1.165) is 6.54 Å². The molecule has 1 atom stereocenters. The van der Waals surface area contributed by atoms with E-state index in [1.54, 1.807) is 0 Å². The second kappa shape index (κ2) is 4.03. The third-order valence-electron chi connectivity index (χ3n) is 0.223. The molecule has 0 aliphatic carbocycles. The fourth-order valence-corrected chi connectivity index (χ4v) is 0.245. The van der Waals surface area contributed by atoms with Gasteiger partial charge in [0.25, 0.3) is 0 Å². The van der Waals surface area contributed by atoms with Crippen LogP contribution in [0.4, 0.5) is 0 Å². The predicted octanol–water partition coefficient (Wildman–Crippen LogP) is 1.25. The first-order valence-electron chi connectivity index (χ1n) is 1.48. The van der Waals surface area contributed by atoms with E-state index < -0.39 is 0 Å². The van der Waals surface area contributed by atoms with Crippen LogP contribution in [0.25, 0.3) is 0 Å². The summed E-state index contributed by atoms with van der Waals surface area (Å²) in [6, 6.07) is 0. The molecule has 30 valence electrons. The Kier molecular flexibility index (Phi) is 4.05. The standard InChI is InChI=1S/C2H7N2P/c1-2-3-4-5/h2,5H2,1H3. The summed E-state index contributed by atoms with van der Waals surface area (Å²) in [6.45, 7) is 2.72. The van der Waals surface area contributed by atoms with Gasteiger partial charge in [0.1, 0.15) is 0 Å². The zero-order valence-electron chi connectivity index (χ0n) is 3.18. The summed E-state index contributed by atoms with van der Waals surface area (Å²) < 4.78 is 0. The zero-order valence-corrected chi connectivity index (χ0v) is 4.33. The molecule has 0 spiro atoms. The molecule has 0 heterocycles. The highest BCUT2D eigenvalue weighted by atomic mass is 31.0.